The normalized spacial score (nSPS) is 20.9. The van der Waals surface area contributed by atoms with E-state index in [0.29, 0.717) is 13.2 Å². The van der Waals surface area contributed by atoms with Gasteiger partial charge in [-0.2, -0.15) is 0 Å². The van der Waals surface area contributed by atoms with Gasteiger partial charge in [-0.05, 0) is 68.6 Å². The molecule has 1 N–H and O–H groups in total. The highest BCUT2D eigenvalue weighted by atomic mass is 19.1. The fraction of sp³-hybridized carbons (Fsp3) is 0.435. The number of ether oxygens (including phenoxy) is 2. The molecule has 0 aliphatic carbocycles. The van der Waals surface area contributed by atoms with E-state index in [1.807, 2.05) is 26.0 Å². The minimum atomic E-state index is -0.278. The molecule has 29 heavy (non-hydrogen) atoms. The summed E-state index contributed by atoms with van der Waals surface area (Å²) in [6.45, 7) is 5.87. The molecule has 1 fully saturated rings. The number of hydrogen-bond acceptors (Lipinski definition) is 4. The van der Waals surface area contributed by atoms with E-state index in [2.05, 4.69) is 16.3 Å². The molecule has 2 aromatic carbocycles. The van der Waals surface area contributed by atoms with Crippen LogP contribution >= 0.6 is 0 Å². The monoisotopic (exact) mass is 398 g/mol. The van der Waals surface area contributed by atoms with Gasteiger partial charge < -0.3 is 14.8 Å². The van der Waals surface area contributed by atoms with Crippen LogP contribution in [0.5, 0.6) is 11.5 Å². The van der Waals surface area contributed by atoms with E-state index in [1.54, 1.807) is 12.1 Å². The van der Waals surface area contributed by atoms with E-state index in [-0.39, 0.29) is 29.8 Å². The molecule has 2 aliphatic heterocycles. The van der Waals surface area contributed by atoms with Gasteiger partial charge in [0, 0.05) is 6.04 Å². The number of fused-ring (bicyclic) bond motifs is 1. The number of nitrogens with one attached hydrogen (secondary N) is 1. The lowest BCUT2D eigenvalue weighted by molar-refractivity contribution is -0.126. The molecule has 3 atom stereocenters. The summed E-state index contributed by atoms with van der Waals surface area (Å²) in [5.74, 6) is 1.26. The summed E-state index contributed by atoms with van der Waals surface area (Å²) >= 11 is 0. The lowest BCUT2D eigenvalue weighted by Gasteiger charge is -2.31. The zero-order valence-electron chi connectivity index (χ0n) is 16.9. The number of nitrogens with zero attached hydrogens (tertiary/aromatic N) is 1. The van der Waals surface area contributed by atoms with Crippen LogP contribution in [-0.2, 0) is 4.79 Å². The number of amides is 1. The Balaban J connectivity index is 1.45. The van der Waals surface area contributed by atoms with Gasteiger partial charge in [0.2, 0.25) is 5.91 Å². The van der Waals surface area contributed by atoms with Gasteiger partial charge in [-0.25, -0.2) is 4.39 Å². The number of carbonyl (C=O) groups excluding carboxylic acids is 1. The SMILES string of the molecule is C[C@H](NC(=O)[C@@H](C)N1CCC[C@H]1c1ccc2c(c1)OCCO2)c1ccc(F)cc1. The Labute approximate surface area is 170 Å². The van der Waals surface area contributed by atoms with Crippen molar-refractivity contribution in [1.29, 1.82) is 0 Å². The van der Waals surface area contributed by atoms with Crippen LogP contribution in [0.3, 0.4) is 0 Å². The molecule has 6 heteroatoms. The van der Waals surface area contributed by atoms with Gasteiger partial charge in [-0.15, -0.1) is 0 Å². The second-order valence-corrected chi connectivity index (χ2v) is 7.76. The average Bonchev–Trinajstić information content (AvgIpc) is 3.23. The van der Waals surface area contributed by atoms with Gasteiger partial charge in [-0.1, -0.05) is 18.2 Å². The topological polar surface area (TPSA) is 50.8 Å². The van der Waals surface area contributed by atoms with Crippen LogP contribution in [0, 0.1) is 5.82 Å². The van der Waals surface area contributed by atoms with E-state index in [9.17, 15) is 9.18 Å². The molecular weight excluding hydrogens is 371 g/mol. The third-order valence-corrected chi connectivity index (χ3v) is 5.85. The molecule has 2 heterocycles. The second-order valence-electron chi connectivity index (χ2n) is 7.76. The Kier molecular flexibility index (Phi) is 5.72. The molecule has 2 aliphatic rings. The number of likely N-dealkylation sites (tertiary alicyclic amines) is 1. The Hall–Kier alpha value is -2.60. The highest BCUT2D eigenvalue weighted by Crippen LogP contribution is 2.39. The quantitative estimate of drug-likeness (QED) is 0.827. The number of benzene rings is 2. The van der Waals surface area contributed by atoms with Crippen molar-refractivity contribution >= 4 is 5.91 Å². The van der Waals surface area contributed by atoms with Crippen molar-refractivity contribution in [3.05, 3.63) is 59.4 Å². The minimum absolute atomic E-state index is 0.0220. The molecule has 0 saturated carbocycles. The van der Waals surface area contributed by atoms with Crippen molar-refractivity contribution in [2.45, 2.75) is 44.8 Å². The minimum Gasteiger partial charge on any atom is -0.486 e. The first-order valence-corrected chi connectivity index (χ1v) is 10.2. The van der Waals surface area contributed by atoms with E-state index in [4.69, 9.17) is 9.47 Å². The van der Waals surface area contributed by atoms with Crippen LogP contribution in [0.15, 0.2) is 42.5 Å². The summed E-state index contributed by atoms with van der Waals surface area (Å²) in [5.41, 5.74) is 2.04. The first kappa shape index (κ1) is 19.7. The predicted octanol–water partition coefficient (Wildman–Crippen LogP) is 4.00. The van der Waals surface area contributed by atoms with Crippen molar-refractivity contribution < 1.29 is 18.7 Å². The smallest absolute Gasteiger partial charge is 0.237 e. The molecule has 1 amide bonds. The zero-order valence-corrected chi connectivity index (χ0v) is 16.9. The van der Waals surface area contributed by atoms with Gasteiger partial charge in [0.15, 0.2) is 11.5 Å². The lowest BCUT2D eigenvalue weighted by atomic mass is 10.0. The zero-order chi connectivity index (χ0) is 20.4. The van der Waals surface area contributed by atoms with Gasteiger partial charge in [-0.3, -0.25) is 9.69 Å². The standard InChI is InChI=1S/C23H27FN2O3/c1-15(17-5-8-19(24)9-6-17)25-23(27)16(2)26-11-3-4-20(26)18-7-10-21-22(14-18)29-13-12-28-21/h5-10,14-16,20H,3-4,11-13H2,1-2H3,(H,25,27)/t15-,16+,20-/m0/s1. The summed E-state index contributed by atoms with van der Waals surface area (Å²) in [6.07, 6.45) is 2.05. The first-order chi connectivity index (χ1) is 14.0. The van der Waals surface area contributed by atoms with Crippen LogP contribution < -0.4 is 14.8 Å². The summed E-state index contributed by atoms with van der Waals surface area (Å²) in [7, 11) is 0. The van der Waals surface area contributed by atoms with Gasteiger partial charge in [0.25, 0.3) is 0 Å². The Bertz CT molecular complexity index is 871. The van der Waals surface area contributed by atoms with Crippen LogP contribution in [0.25, 0.3) is 0 Å². The third-order valence-electron chi connectivity index (χ3n) is 5.85. The molecule has 154 valence electrons. The molecular formula is C23H27FN2O3. The molecule has 2 aromatic rings. The van der Waals surface area contributed by atoms with Gasteiger partial charge >= 0.3 is 0 Å². The van der Waals surface area contributed by atoms with Crippen molar-refractivity contribution in [2.75, 3.05) is 19.8 Å². The molecule has 1 saturated heterocycles. The van der Waals surface area contributed by atoms with Crippen molar-refractivity contribution in [1.82, 2.24) is 10.2 Å². The molecule has 4 rings (SSSR count). The lowest BCUT2D eigenvalue weighted by Crippen LogP contribution is -2.45. The average molecular weight is 398 g/mol. The summed E-state index contributed by atoms with van der Waals surface area (Å²) in [5, 5.41) is 3.07. The fourth-order valence-electron chi connectivity index (χ4n) is 4.20. The molecule has 5 nitrogen and oxygen atoms in total. The fourth-order valence-corrected chi connectivity index (χ4v) is 4.20. The second kappa shape index (κ2) is 8.41. The first-order valence-electron chi connectivity index (χ1n) is 10.2. The van der Waals surface area contributed by atoms with Crippen LogP contribution in [0.2, 0.25) is 0 Å². The van der Waals surface area contributed by atoms with Crippen molar-refractivity contribution in [2.24, 2.45) is 0 Å². The highest BCUT2D eigenvalue weighted by Gasteiger charge is 2.34. The number of rotatable bonds is 5. The van der Waals surface area contributed by atoms with Crippen LogP contribution in [0.4, 0.5) is 4.39 Å². The van der Waals surface area contributed by atoms with Crippen LogP contribution in [-0.4, -0.2) is 36.6 Å². The van der Waals surface area contributed by atoms with Crippen LogP contribution in [0.1, 0.15) is 49.9 Å². The highest BCUT2D eigenvalue weighted by molar-refractivity contribution is 5.81. The summed E-state index contributed by atoms with van der Waals surface area (Å²) in [4.78, 5) is 15.2. The van der Waals surface area contributed by atoms with Gasteiger partial charge in [0.1, 0.15) is 19.0 Å². The van der Waals surface area contributed by atoms with Gasteiger partial charge in [0.05, 0.1) is 12.1 Å². The molecule has 0 radical (unpaired) electrons. The van der Waals surface area contributed by atoms with Crippen molar-refractivity contribution in [3.8, 4) is 11.5 Å². The maximum absolute atomic E-state index is 13.1. The number of carbonyl (C=O) groups is 1. The summed E-state index contributed by atoms with van der Waals surface area (Å²) in [6, 6.07) is 12.1. The maximum Gasteiger partial charge on any atom is 0.237 e. The Morgan fingerprint density at radius 3 is 2.59 bits per heavy atom. The van der Waals surface area contributed by atoms with E-state index in [1.165, 1.54) is 12.1 Å². The number of halogens is 1. The Morgan fingerprint density at radius 1 is 1.10 bits per heavy atom. The number of hydrogen-bond donors (Lipinski definition) is 1. The van der Waals surface area contributed by atoms with E-state index in [0.717, 1.165) is 42.0 Å². The molecule has 0 aromatic heterocycles. The Morgan fingerprint density at radius 2 is 1.83 bits per heavy atom. The van der Waals surface area contributed by atoms with E-state index >= 15 is 0 Å². The third kappa shape index (κ3) is 4.22. The van der Waals surface area contributed by atoms with E-state index < -0.39 is 0 Å². The molecule has 0 spiro atoms. The largest absolute Gasteiger partial charge is 0.486 e. The maximum atomic E-state index is 13.1. The molecule has 0 bridgehead atoms. The predicted molar refractivity (Wildman–Crippen MR) is 109 cm³/mol. The summed E-state index contributed by atoms with van der Waals surface area (Å²) < 4.78 is 24.5. The van der Waals surface area contributed by atoms with Crippen molar-refractivity contribution in [3.63, 3.8) is 0 Å². The molecule has 0 unspecified atom stereocenters.